The highest BCUT2D eigenvalue weighted by Gasteiger charge is 2.28. The molecule has 0 atom stereocenters. The summed E-state index contributed by atoms with van der Waals surface area (Å²) in [5.41, 5.74) is -0.686. The Morgan fingerprint density at radius 1 is 0.885 bits per heavy atom. The average molecular weight is 400 g/mol. The Bertz CT molecular complexity index is 764. The molecule has 2 aromatic rings. The number of unbranched alkanes of at least 4 members (excludes halogenated alkanes) is 2. The molecule has 2 rings (SSSR count). The van der Waals surface area contributed by atoms with Crippen molar-refractivity contribution in [2.75, 3.05) is 6.54 Å². The number of halogens is 4. The fourth-order valence-electron chi connectivity index (χ4n) is 2.44. The van der Waals surface area contributed by atoms with Gasteiger partial charge in [-0.2, -0.15) is 0 Å². The van der Waals surface area contributed by atoms with Crippen LogP contribution < -0.4 is 0 Å². The summed E-state index contributed by atoms with van der Waals surface area (Å²) < 4.78 is 28.4. The van der Waals surface area contributed by atoms with E-state index in [0.717, 1.165) is 17.7 Å². The van der Waals surface area contributed by atoms with Gasteiger partial charge in [-0.1, -0.05) is 55.1 Å². The molecule has 0 unspecified atom stereocenters. The van der Waals surface area contributed by atoms with Gasteiger partial charge < -0.3 is 0 Å². The zero-order valence-electron chi connectivity index (χ0n) is 14.1. The van der Waals surface area contributed by atoms with E-state index in [9.17, 15) is 18.4 Å². The van der Waals surface area contributed by atoms with E-state index in [1.165, 1.54) is 36.4 Å². The minimum atomic E-state index is -0.918. The Balaban J connectivity index is 2.42. The summed E-state index contributed by atoms with van der Waals surface area (Å²) in [6.45, 7) is 1.99. The highest BCUT2D eigenvalue weighted by atomic mass is 35.5. The van der Waals surface area contributed by atoms with Crippen molar-refractivity contribution in [2.45, 2.75) is 26.2 Å². The first-order valence-corrected chi connectivity index (χ1v) is 8.88. The van der Waals surface area contributed by atoms with Gasteiger partial charge in [0.2, 0.25) is 0 Å². The van der Waals surface area contributed by atoms with Crippen molar-refractivity contribution >= 4 is 35.0 Å². The predicted octanol–water partition coefficient (Wildman–Crippen LogP) is 5.74. The number of hydrogen-bond donors (Lipinski definition) is 0. The Hall–Kier alpha value is -1.98. The van der Waals surface area contributed by atoms with Crippen LogP contribution in [0.3, 0.4) is 0 Å². The van der Waals surface area contributed by atoms with Crippen molar-refractivity contribution in [1.82, 2.24) is 4.90 Å². The molecule has 0 fully saturated rings. The molecule has 7 heteroatoms. The number of nitrogens with zero attached hydrogens (tertiary/aromatic N) is 1. The van der Waals surface area contributed by atoms with Crippen molar-refractivity contribution in [1.29, 1.82) is 0 Å². The SMILES string of the molecule is CCCCCN(C(=O)c1cccc(Cl)c1F)C(=O)c1cccc(Cl)c1F. The largest absolute Gasteiger partial charge is 0.274 e. The highest BCUT2D eigenvalue weighted by Crippen LogP contribution is 2.23. The molecule has 2 amide bonds. The molecule has 0 N–H and O–H groups in total. The minimum Gasteiger partial charge on any atom is -0.274 e. The van der Waals surface area contributed by atoms with Crippen molar-refractivity contribution in [3.8, 4) is 0 Å². The van der Waals surface area contributed by atoms with Crippen LogP contribution in [0.2, 0.25) is 10.0 Å². The quantitative estimate of drug-likeness (QED) is 0.458. The molecule has 0 radical (unpaired) electrons. The second kappa shape index (κ2) is 9.10. The molecule has 26 heavy (non-hydrogen) atoms. The van der Waals surface area contributed by atoms with Crippen LogP contribution in [0.5, 0.6) is 0 Å². The maximum Gasteiger partial charge on any atom is 0.263 e. The van der Waals surface area contributed by atoms with Gasteiger partial charge in [0.25, 0.3) is 11.8 Å². The van der Waals surface area contributed by atoms with Crippen molar-refractivity contribution in [3.05, 3.63) is 69.2 Å². The lowest BCUT2D eigenvalue weighted by Gasteiger charge is -2.22. The van der Waals surface area contributed by atoms with Crippen molar-refractivity contribution in [2.24, 2.45) is 0 Å². The zero-order valence-corrected chi connectivity index (χ0v) is 15.6. The molecule has 0 aliphatic rings. The number of amides is 2. The van der Waals surface area contributed by atoms with E-state index in [2.05, 4.69) is 0 Å². The van der Waals surface area contributed by atoms with Gasteiger partial charge in [-0.15, -0.1) is 0 Å². The third-order valence-electron chi connectivity index (χ3n) is 3.84. The molecular weight excluding hydrogens is 383 g/mol. The summed E-state index contributed by atoms with van der Waals surface area (Å²) in [6, 6.07) is 7.89. The van der Waals surface area contributed by atoms with E-state index >= 15 is 0 Å². The van der Waals surface area contributed by atoms with Gasteiger partial charge in [0.15, 0.2) is 11.6 Å². The summed E-state index contributed by atoms with van der Waals surface area (Å²) in [4.78, 5) is 26.4. The topological polar surface area (TPSA) is 37.4 Å². The van der Waals surface area contributed by atoms with E-state index in [0.29, 0.717) is 6.42 Å². The van der Waals surface area contributed by atoms with E-state index < -0.39 is 23.4 Å². The average Bonchev–Trinajstić information content (AvgIpc) is 2.62. The second-order valence-corrected chi connectivity index (χ2v) is 6.49. The van der Waals surface area contributed by atoms with Gasteiger partial charge in [0, 0.05) is 6.54 Å². The summed E-state index contributed by atoms with van der Waals surface area (Å²) >= 11 is 11.4. The summed E-state index contributed by atoms with van der Waals surface area (Å²) in [7, 11) is 0. The van der Waals surface area contributed by atoms with Crippen LogP contribution in [0.4, 0.5) is 8.78 Å². The number of carbonyl (C=O) groups is 2. The summed E-state index contributed by atoms with van der Waals surface area (Å²) in [6.07, 6.45) is 2.12. The molecule has 0 spiro atoms. The van der Waals surface area contributed by atoms with Crippen LogP contribution in [-0.2, 0) is 0 Å². The third kappa shape index (κ3) is 4.40. The van der Waals surface area contributed by atoms with Crippen LogP contribution in [-0.4, -0.2) is 23.3 Å². The first-order chi connectivity index (χ1) is 12.4. The monoisotopic (exact) mass is 399 g/mol. The van der Waals surface area contributed by atoms with Crippen LogP contribution in [0.1, 0.15) is 46.9 Å². The predicted molar refractivity (Wildman–Crippen MR) is 97.7 cm³/mol. The first-order valence-electron chi connectivity index (χ1n) is 8.12. The highest BCUT2D eigenvalue weighted by molar-refractivity contribution is 6.31. The summed E-state index contributed by atoms with van der Waals surface area (Å²) in [5, 5.41) is -0.462. The van der Waals surface area contributed by atoms with Gasteiger partial charge in [0.05, 0.1) is 21.2 Å². The van der Waals surface area contributed by atoms with E-state index in [1.807, 2.05) is 6.92 Å². The number of hydrogen-bond acceptors (Lipinski definition) is 2. The molecule has 0 saturated heterocycles. The maximum atomic E-state index is 14.2. The van der Waals surface area contributed by atoms with Gasteiger partial charge in [-0.3, -0.25) is 14.5 Å². The number of imide groups is 1. The van der Waals surface area contributed by atoms with E-state index in [-0.39, 0.29) is 27.7 Å². The molecule has 0 heterocycles. The molecular formula is C19H17Cl2F2NO2. The summed E-state index contributed by atoms with van der Waals surface area (Å²) in [5.74, 6) is -3.57. The molecule has 0 bridgehead atoms. The Labute approximate surface area is 160 Å². The molecule has 2 aromatic carbocycles. The standard InChI is InChI=1S/C19H17Cl2F2NO2/c1-2-3-4-11-24(18(25)12-7-5-9-14(20)16(12)22)19(26)13-8-6-10-15(21)17(13)23/h5-10H,2-4,11H2,1H3. The second-order valence-electron chi connectivity index (χ2n) is 5.67. The van der Waals surface area contributed by atoms with Crippen LogP contribution >= 0.6 is 23.2 Å². The van der Waals surface area contributed by atoms with Gasteiger partial charge >= 0.3 is 0 Å². The normalized spacial score (nSPS) is 10.7. The van der Waals surface area contributed by atoms with Crippen LogP contribution in [0, 0.1) is 11.6 Å². The van der Waals surface area contributed by atoms with Crippen LogP contribution in [0.25, 0.3) is 0 Å². The molecule has 3 nitrogen and oxygen atoms in total. The van der Waals surface area contributed by atoms with Crippen molar-refractivity contribution < 1.29 is 18.4 Å². The molecule has 0 aliphatic heterocycles. The van der Waals surface area contributed by atoms with Gasteiger partial charge in [-0.25, -0.2) is 8.78 Å². The minimum absolute atomic E-state index is 0.0312. The van der Waals surface area contributed by atoms with E-state index in [1.54, 1.807) is 0 Å². The third-order valence-corrected chi connectivity index (χ3v) is 4.42. The van der Waals surface area contributed by atoms with Crippen LogP contribution in [0.15, 0.2) is 36.4 Å². The Morgan fingerprint density at radius 3 is 1.77 bits per heavy atom. The van der Waals surface area contributed by atoms with Gasteiger partial charge in [0.1, 0.15) is 0 Å². The smallest absolute Gasteiger partial charge is 0.263 e. The zero-order chi connectivity index (χ0) is 19.3. The Kier molecular flexibility index (Phi) is 7.12. The lowest BCUT2D eigenvalue weighted by Crippen LogP contribution is -2.38. The van der Waals surface area contributed by atoms with Crippen molar-refractivity contribution in [3.63, 3.8) is 0 Å². The number of rotatable bonds is 6. The number of carbonyl (C=O) groups excluding carboxylic acids is 2. The molecule has 0 aromatic heterocycles. The number of benzene rings is 2. The lowest BCUT2D eigenvalue weighted by atomic mass is 10.1. The first kappa shape index (κ1) is 20.3. The fourth-order valence-corrected chi connectivity index (χ4v) is 2.79. The molecule has 0 saturated carbocycles. The van der Waals surface area contributed by atoms with Gasteiger partial charge in [-0.05, 0) is 30.7 Å². The molecule has 0 aliphatic carbocycles. The lowest BCUT2D eigenvalue weighted by molar-refractivity contribution is 0.0608. The Morgan fingerprint density at radius 2 is 1.35 bits per heavy atom. The molecule has 138 valence electrons. The van der Waals surface area contributed by atoms with E-state index in [4.69, 9.17) is 23.2 Å². The maximum absolute atomic E-state index is 14.2. The fraction of sp³-hybridized carbons (Fsp3) is 0.263.